The van der Waals surface area contributed by atoms with Crippen LogP contribution in [0.4, 0.5) is 17.6 Å². The highest BCUT2D eigenvalue weighted by atomic mass is 19.4. The topological polar surface area (TPSA) is 32.3 Å². The van der Waals surface area contributed by atoms with Crippen LogP contribution in [-0.4, -0.2) is 29.6 Å². The maximum Gasteiger partial charge on any atom is 0.389 e. The normalized spacial score (nSPS) is 22.9. The predicted octanol–water partition coefficient (Wildman–Crippen LogP) is 2.99. The van der Waals surface area contributed by atoms with Crippen molar-refractivity contribution in [3.05, 3.63) is 35.6 Å². The molecule has 7 heteroatoms. The Kier molecular flexibility index (Phi) is 4.51. The number of nitrogens with one attached hydrogen (secondary N) is 1. The van der Waals surface area contributed by atoms with Gasteiger partial charge in [0.05, 0.1) is 6.04 Å². The van der Waals surface area contributed by atoms with E-state index < -0.39 is 30.6 Å². The smallest absolute Gasteiger partial charge is 0.321 e. The molecular weight excluding hydrogens is 288 g/mol. The van der Waals surface area contributed by atoms with Crippen LogP contribution in [0, 0.1) is 5.82 Å². The molecule has 0 spiro atoms. The van der Waals surface area contributed by atoms with Crippen LogP contribution in [0.2, 0.25) is 0 Å². The maximum absolute atomic E-state index is 13.8. The SMILES string of the molecule is CC1NC(c2ccccc2F)N(CCCC(F)(F)F)C1=O. The summed E-state index contributed by atoms with van der Waals surface area (Å²) in [5, 5.41) is 2.91. The summed E-state index contributed by atoms with van der Waals surface area (Å²) in [6.07, 6.45) is -6.14. The van der Waals surface area contributed by atoms with Gasteiger partial charge in [-0.2, -0.15) is 13.2 Å². The molecule has 116 valence electrons. The van der Waals surface area contributed by atoms with Crippen LogP contribution >= 0.6 is 0 Å². The maximum atomic E-state index is 13.8. The van der Waals surface area contributed by atoms with Gasteiger partial charge in [-0.05, 0) is 19.4 Å². The van der Waals surface area contributed by atoms with E-state index in [9.17, 15) is 22.4 Å². The standard InChI is InChI=1S/C14H16F4N2O/c1-9-13(21)20(8-4-7-14(16,17)18)12(19-9)10-5-2-3-6-11(10)15/h2-3,5-6,9,12,19H,4,7-8H2,1H3. The lowest BCUT2D eigenvalue weighted by Gasteiger charge is -2.25. The largest absolute Gasteiger partial charge is 0.389 e. The number of nitrogens with zero attached hydrogens (tertiary/aromatic N) is 1. The van der Waals surface area contributed by atoms with Gasteiger partial charge in [-0.25, -0.2) is 4.39 Å². The molecule has 1 fully saturated rings. The van der Waals surface area contributed by atoms with Gasteiger partial charge < -0.3 is 4.90 Å². The summed E-state index contributed by atoms with van der Waals surface area (Å²) in [7, 11) is 0. The van der Waals surface area contributed by atoms with Crippen molar-refractivity contribution < 1.29 is 22.4 Å². The first-order valence-electron chi connectivity index (χ1n) is 6.67. The van der Waals surface area contributed by atoms with Crippen molar-refractivity contribution in [2.45, 2.75) is 38.1 Å². The minimum atomic E-state index is -4.25. The van der Waals surface area contributed by atoms with Gasteiger partial charge in [0.25, 0.3) is 0 Å². The first kappa shape index (κ1) is 15.8. The second-order valence-corrected chi connectivity index (χ2v) is 5.06. The van der Waals surface area contributed by atoms with Crippen molar-refractivity contribution in [3.63, 3.8) is 0 Å². The van der Waals surface area contributed by atoms with E-state index in [2.05, 4.69) is 5.32 Å². The highest BCUT2D eigenvalue weighted by Crippen LogP contribution is 2.29. The Hall–Kier alpha value is -1.63. The number of alkyl halides is 3. The van der Waals surface area contributed by atoms with Crippen molar-refractivity contribution in [2.75, 3.05) is 6.54 Å². The van der Waals surface area contributed by atoms with Crippen LogP contribution in [0.25, 0.3) is 0 Å². The Morgan fingerprint density at radius 3 is 2.57 bits per heavy atom. The van der Waals surface area contributed by atoms with E-state index in [0.717, 1.165) is 0 Å². The Morgan fingerprint density at radius 2 is 1.95 bits per heavy atom. The first-order valence-corrected chi connectivity index (χ1v) is 6.67. The number of rotatable bonds is 4. The van der Waals surface area contributed by atoms with Crippen molar-refractivity contribution in [1.82, 2.24) is 10.2 Å². The second kappa shape index (κ2) is 6.01. The number of benzene rings is 1. The van der Waals surface area contributed by atoms with E-state index in [-0.39, 0.29) is 24.4 Å². The Labute approximate surface area is 119 Å². The van der Waals surface area contributed by atoms with Gasteiger partial charge in [-0.3, -0.25) is 10.1 Å². The summed E-state index contributed by atoms with van der Waals surface area (Å²) < 4.78 is 50.4. The molecular formula is C14H16F4N2O. The van der Waals surface area contributed by atoms with Crippen LogP contribution in [-0.2, 0) is 4.79 Å². The number of amides is 1. The minimum absolute atomic E-state index is 0.0608. The molecule has 2 unspecified atom stereocenters. The molecule has 3 nitrogen and oxygen atoms in total. The van der Waals surface area contributed by atoms with Crippen molar-refractivity contribution in [2.24, 2.45) is 0 Å². The summed E-state index contributed by atoms with van der Waals surface area (Å²) in [6.45, 7) is 1.55. The molecule has 0 aliphatic carbocycles. The zero-order valence-electron chi connectivity index (χ0n) is 11.5. The van der Waals surface area contributed by atoms with E-state index in [1.807, 2.05) is 0 Å². The zero-order chi connectivity index (χ0) is 15.6. The van der Waals surface area contributed by atoms with Crippen LogP contribution in [0.5, 0.6) is 0 Å². The summed E-state index contributed by atoms with van der Waals surface area (Å²) in [5.74, 6) is -0.803. The summed E-state index contributed by atoms with van der Waals surface area (Å²) >= 11 is 0. The molecule has 0 aromatic heterocycles. The van der Waals surface area contributed by atoms with Crippen molar-refractivity contribution in [1.29, 1.82) is 0 Å². The average Bonchev–Trinajstić information content (AvgIpc) is 2.66. The number of hydrogen-bond acceptors (Lipinski definition) is 2. The highest BCUT2D eigenvalue weighted by molar-refractivity contribution is 5.84. The molecule has 1 aromatic carbocycles. The van der Waals surface area contributed by atoms with Gasteiger partial charge in [-0.15, -0.1) is 0 Å². The molecule has 2 rings (SSSR count). The van der Waals surface area contributed by atoms with Gasteiger partial charge in [-0.1, -0.05) is 18.2 Å². The van der Waals surface area contributed by atoms with E-state index >= 15 is 0 Å². The molecule has 0 radical (unpaired) electrons. The fourth-order valence-electron chi connectivity index (χ4n) is 2.42. The fourth-order valence-corrected chi connectivity index (χ4v) is 2.42. The van der Waals surface area contributed by atoms with E-state index in [4.69, 9.17) is 0 Å². The Bertz CT molecular complexity index is 518. The van der Waals surface area contributed by atoms with Gasteiger partial charge in [0, 0.05) is 18.5 Å². The minimum Gasteiger partial charge on any atom is -0.321 e. The molecule has 1 aliphatic heterocycles. The molecule has 1 N–H and O–H groups in total. The molecule has 0 saturated carbocycles. The van der Waals surface area contributed by atoms with E-state index in [1.54, 1.807) is 13.0 Å². The highest BCUT2D eigenvalue weighted by Gasteiger charge is 2.38. The van der Waals surface area contributed by atoms with Gasteiger partial charge in [0.15, 0.2) is 0 Å². The Morgan fingerprint density at radius 1 is 1.29 bits per heavy atom. The van der Waals surface area contributed by atoms with Gasteiger partial charge in [0.2, 0.25) is 5.91 Å². The van der Waals surface area contributed by atoms with Crippen LogP contribution in [0.1, 0.15) is 31.5 Å². The second-order valence-electron chi connectivity index (χ2n) is 5.06. The van der Waals surface area contributed by atoms with Crippen LogP contribution in [0.3, 0.4) is 0 Å². The monoisotopic (exact) mass is 304 g/mol. The summed E-state index contributed by atoms with van der Waals surface area (Å²) in [5.41, 5.74) is 0.266. The number of hydrogen-bond donors (Lipinski definition) is 1. The molecule has 0 bridgehead atoms. The van der Waals surface area contributed by atoms with Crippen molar-refractivity contribution in [3.8, 4) is 0 Å². The van der Waals surface area contributed by atoms with Gasteiger partial charge in [0.1, 0.15) is 12.0 Å². The third-order valence-corrected chi connectivity index (χ3v) is 3.43. The third-order valence-electron chi connectivity index (χ3n) is 3.43. The fraction of sp³-hybridized carbons (Fsp3) is 0.500. The molecule has 1 aliphatic rings. The molecule has 1 aromatic rings. The number of halogens is 4. The molecule has 1 saturated heterocycles. The Balaban J connectivity index is 2.12. The number of carbonyl (C=O) groups excluding carboxylic acids is 1. The molecule has 21 heavy (non-hydrogen) atoms. The lowest BCUT2D eigenvalue weighted by atomic mass is 10.1. The molecule has 2 atom stereocenters. The molecule has 1 heterocycles. The van der Waals surface area contributed by atoms with E-state index in [1.165, 1.54) is 23.1 Å². The quantitative estimate of drug-likeness (QED) is 0.867. The third kappa shape index (κ3) is 3.72. The molecule has 1 amide bonds. The van der Waals surface area contributed by atoms with Crippen LogP contribution in [0.15, 0.2) is 24.3 Å². The van der Waals surface area contributed by atoms with Crippen LogP contribution < -0.4 is 5.32 Å². The lowest BCUT2D eigenvalue weighted by molar-refractivity contribution is -0.140. The van der Waals surface area contributed by atoms with E-state index in [0.29, 0.717) is 0 Å². The predicted molar refractivity (Wildman–Crippen MR) is 68.7 cm³/mol. The van der Waals surface area contributed by atoms with Gasteiger partial charge >= 0.3 is 6.18 Å². The first-order chi connectivity index (χ1) is 9.79. The lowest BCUT2D eigenvalue weighted by Crippen LogP contribution is -2.32. The zero-order valence-corrected chi connectivity index (χ0v) is 11.5. The number of carbonyl (C=O) groups is 1. The summed E-state index contributed by atoms with van der Waals surface area (Å²) in [4.78, 5) is 13.3. The summed E-state index contributed by atoms with van der Waals surface area (Å²) in [6, 6.07) is 5.39. The van der Waals surface area contributed by atoms with Crippen molar-refractivity contribution >= 4 is 5.91 Å². The average molecular weight is 304 g/mol.